The number of hydrogen-bond acceptors (Lipinski definition) is 1. The number of rotatable bonds is 1. The third-order valence-corrected chi connectivity index (χ3v) is 4.20. The summed E-state index contributed by atoms with van der Waals surface area (Å²) in [5.41, 5.74) is 6.46. The highest BCUT2D eigenvalue weighted by molar-refractivity contribution is 6.31. The van der Waals surface area contributed by atoms with Gasteiger partial charge in [-0.2, -0.15) is 0 Å². The van der Waals surface area contributed by atoms with Gasteiger partial charge in [0, 0.05) is 10.7 Å². The molecule has 2 aromatic rings. The van der Waals surface area contributed by atoms with Crippen molar-refractivity contribution in [3.8, 4) is 0 Å². The molecule has 0 bridgehead atoms. The molecule has 0 radical (unpaired) electrons. The molecule has 0 fully saturated rings. The lowest BCUT2D eigenvalue weighted by Crippen LogP contribution is -2.07. The second kappa shape index (κ2) is 4.33. The standard InChI is InChI=1S/C16H16ClN/c1-10-5-3-4-6-13(10)15-9-12-7-8-14(17)11(2)16(12)18-15/h3-8,15,18H,9H2,1-2H3. The van der Waals surface area contributed by atoms with Crippen molar-refractivity contribution in [2.75, 3.05) is 5.32 Å². The van der Waals surface area contributed by atoms with E-state index >= 15 is 0 Å². The molecule has 2 aromatic carbocycles. The SMILES string of the molecule is Cc1ccccc1C1Cc2ccc(Cl)c(C)c2N1. The van der Waals surface area contributed by atoms with Crippen molar-refractivity contribution in [3.63, 3.8) is 0 Å². The highest BCUT2D eigenvalue weighted by Crippen LogP contribution is 2.39. The van der Waals surface area contributed by atoms with Crippen molar-refractivity contribution < 1.29 is 0 Å². The molecule has 0 spiro atoms. The fraction of sp³-hybridized carbons (Fsp3) is 0.250. The monoisotopic (exact) mass is 257 g/mol. The third kappa shape index (κ3) is 1.79. The minimum absolute atomic E-state index is 0.373. The predicted molar refractivity (Wildman–Crippen MR) is 77.4 cm³/mol. The van der Waals surface area contributed by atoms with Gasteiger partial charge in [-0.1, -0.05) is 41.9 Å². The largest absolute Gasteiger partial charge is 0.377 e. The van der Waals surface area contributed by atoms with Gasteiger partial charge in [0.1, 0.15) is 0 Å². The lowest BCUT2D eigenvalue weighted by Gasteiger charge is -2.15. The van der Waals surface area contributed by atoms with Gasteiger partial charge in [-0.25, -0.2) is 0 Å². The molecular weight excluding hydrogens is 242 g/mol. The number of hydrogen-bond donors (Lipinski definition) is 1. The van der Waals surface area contributed by atoms with Crippen molar-refractivity contribution in [2.24, 2.45) is 0 Å². The Hall–Kier alpha value is -1.47. The van der Waals surface area contributed by atoms with Crippen molar-refractivity contribution >= 4 is 17.3 Å². The predicted octanol–water partition coefficient (Wildman–Crippen LogP) is 4.67. The van der Waals surface area contributed by atoms with Gasteiger partial charge in [-0.3, -0.25) is 0 Å². The van der Waals surface area contributed by atoms with E-state index in [1.165, 1.54) is 22.4 Å². The number of halogens is 1. The highest BCUT2D eigenvalue weighted by Gasteiger charge is 2.24. The zero-order valence-corrected chi connectivity index (χ0v) is 11.4. The topological polar surface area (TPSA) is 12.0 Å². The first-order valence-electron chi connectivity index (χ1n) is 6.27. The van der Waals surface area contributed by atoms with E-state index in [1.807, 2.05) is 6.07 Å². The van der Waals surface area contributed by atoms with Crippen molar-refractivity contribution in [1.82, 2.24) is 0 Å². The first-order chi connectivity index (χ1) is 8.66. The number of benzene rings is 2. The molecular formula is C16H16ClN. The van der Waals surface area contributed by atoms with E-state index in [2.05, 4.69) is 49.5 Å². The maximum Gasteiger partial charge on any atom is 0.0557 e. The average molecular weight is 258 g/mol. The summed E-state index contributed by atoms with van der Waals surface area (Å²) < 4.78 is 0. The molecule has 1 aliphatic heterocycles. The Balaban J connectivity index is 1.99. The van der Waals surface area contributed by atoms with Crippen LogP contribution in [0.4, 0.5) is 5.69 Å². The maximum atomic E-state index is 6.18. The number of fused-ring (bicyclic) bond motifs is 1. The Labute approximate surface area is 113 Å². The van der Waals surface area contributed by atoms with Crippen molar-refractivity contribution in [2.45, 2.75) is 26.3 Å². The van der Waals surface area contributed by atoms with Crippen LogP contribution in [-0.2, 0) is 6.42 Å². The summed E-state index contributed by atoms with van der Waals surface area (Å²) in [7, 11) is 0. The van der Waals surface area contributed by atoms with Crippen LogP contribution < -0.4 is 5.32 Å². The Morgan fingerprint density at radius 3 is 2.67 bits per heavy atom. The zero-order chi connectivity index (χ0) is 12.7. The Bertz CT molecular complexity index is 604. The Morgan fingerprint density at radius 1 is 1.11 bits per heavy atom. The lowest BCUT2D eigenvalue weighted by molar-refractivity contribution is 0.816. The van der Waals surface area contributed by atoms with Crippen LogP contribution in [0, 0.1) is 13.8 Å². The van der Waals surface area contributed by atoms with E-state index in [1.54, 1.807) is 0 Å². The average Bonchev–Trinajstić information content (AvgIpc) is 2.79. The van der Waals surface area contributed by atoms with E-state index in [0.717, 1.165) is 17.0 Å². The number of nitrogens with one attached hydrogen (secondary N) is 1. The van der Waals surface area contributed by atoms with Crippen LogP contribution in [0.1, 0.15) is 28.3 Å². The molecule has 1 aliphatic rings. The smallest absolute Gasteiger partial charge is 0.0557 e. The second-order valence-electron chi connectivity index (χ2n) is 4.96. The minimum Gasteiger partial charge on any atom is -0.377 e. The highest BCUT2D eigenvalue weighted by atomic mass is 35.5. The normalized spacial score (nSPS) is 17.4. The fourth-order valence-corrected chi connectivity index (χ4v) is 2.88. The van der Waals surface area contributed by atoms with Crippen LogP contribution in [0.3, 0.4) is 0 Å². The number of aryl methyl sites for hydroxylation is 1. The Kier molecular flexibility index (Phi) is 2.79. The van der Waals surface area contributed by atoms with Gasteiger partial charge >= 0.3 is 0 Å². The molecule has 0 amide bonds. The summed E-state index contributed by atoms with van der Waals surface area (Å²) in [6.45, 7) is 4.24. The molecule has 1 N–H and O–H groups in total. The van der Waals surface area contributed by atoms with E-state index < -0.39 is 0 Å². The summed E-state index contributed by atoms with van der Waals surface area (Å²) in [6, 6.07) is 13.1. The van der Waals surface area contributed by atoms with Gasteiger partial charge in [0.05, 0.1) is 6.04 Å². The molecule has 1 heterocycles. The zero-order valence-electron chi connectivity index (χ0n) is 10.6. The molecule has 18 heavy (non-hydrogen) atoms. The first-order valence-corrected chi connectivity index (χ1v) is 6.64. The van der Waals surface area contributed by atoms with Crippen molar-refractivity contribution in [3.05, 3.63) is 63.7 Å². The molecule has 0 saturated heterocycles. The molecule has 1 unspecified atom stereocenters. The lowest BCUT2D eigenvalue weighted by atomic mass is 9.98. The van der Waals surface area contributed by atoms with Gasteiger partial charge in [-0.15, -0.1) is 0 Å². The van der Waals surface area contributed by atoms with Crippen molar-refractivity contribution in [1.29, 1.82) is 0 Å². The molecule has 92 valence electrons. The quantitative estimate of drug-likeness (QED) is 0.783. The van der Waals surface area contributed by atoms with Crippen LogP contribution in [0.5, 0.6) is 0 Å². The molecule has 3 rings (SSSR count). The van der Waals surface area contributed by atoms with Gasteiger partial charge in [-0.05, 0) is 48.6 Å². The first kappa shape index (κ1) is 11.6. The fourth-order valence-electron chi connectivity index (χ4n) is 2.72. The molecule has 2 heteroatoms. The summed E-state index contributed by atoms with van der Waals surface area (Å²) in [5, 5.41) is 4.46. The maximum absolute atomic E-state index is 6.18. The molecule has 0 aliphatic carbocycles. The summed E-state index contributed by atoms with van der Waals surface area (Å²) in [4.78, 5) is 0. The van der Waals surface area contributed by atoms with Gasteiger partial charge < -0.3 is 5.32 Å². The van der Waals surface area contributed by atoms with E-state index in [9.17, 15) is 0 Å². The van der Waals surface area contributed by atoms with E-state index in [-0.39, 0.29) is 0 Å². The van der Waals surface area contributed by atoms with Crippen LogP contribution in [0.25, 0.3) is 0 Å². The molecule has 1 nitrogen and oxygen atoms in total. The van der Waals surface area contributed by atoms with Gasteiger partial charge in [0.15, 0.2) is 0 Å². The van der Waals surface area contributed by atoms with Crippen LogP contribution >= 0.6 is 11.6 Å². The van der Waals surface area contributed by atoms with E-state index in [0.29, 0.717) is 6.04 Å². The number of anilines is 1. The third-order valence-electron chi connectivity index (χ3n) is 3.79. The second-order valence-corrected chi connectivity index (χ2v) is 5.37. The van der Waals surface area contributed by atoms with Crippen LogP contribution in [0.2, 0.25) is 5.02 Å². The Morgan fingerprint density at radius 2 is 1.89 bits per heavy atom. The van der Waals surface area contributed by atoms with Gasteiger partial charge in [0.2, 0.25) is 0 Å². The summed E-state index contributed by atoms with van der Waals surface area (Å²) in [6.07, 6.45) is 1.04. The van der Waals surface area contributed by atoms with Gasteiger partial charge in [0.25, 0.3) is 0 Å². The summed E-state index contributed by atoms with van der Waals surface area (Å²) >= 11 is 6.18. The molecule has 0 saturated carbocycles. The molecule has 0 aromatic heterocycles. The van der Waals surface area contributed by atoms with Crippen LogP contribution in [-0.4, -0.2) is 0 Å². The van der Waals surface area contributed by atoms with E-state index in [4.69, 9.17) is 11.6 Å². The minimum atomic E-state index is 0.373. The van der Waals surface area contributed by atoms with Crippen LogP contribution in [0.15, 0.2) is 36.4 Å². The molecule has 1 atom stereocenters. The summed E-state index contributed by atoms with van der Waals surface area (Å²) in [5.74, 6) is 0.